The van der Waals surface area contributed by atoms with Crippen molar-refractivity contribution in [2.75, 3.05) is 17.3 Å². The number of hydrogen-bond donors (Lipinski definition) is 2. The second-order valence-corrected chi connectivity index (χ2v) is 7.02. The van der Waals surface area contributed by atoms with E-state index in [-0.39, 0.29) is 11.9 Å². The highest BCUT2D eigenvalue weighted by Crippen LogP contribution is 2.34. The molecule has 0 radical (unpaired) electrons. The SMILES string of the molecule is CN(Cc1ccc(F)cc1)c1ccc(NC(=O)S)c(OC2CCCC2)c1. The number of thiol groups is 1. The van der Waals surface area contributed by atoms with Gasteiger partial charge in [0.2, 0.25) is 0 Å². The Labute approximate surface area is 158 Å². The lowest BCUT2D eigenvalue weighted by Gasteiger charge is -2.23. The van der Waals surface area contributed by atoms with E-state index in [0.29, 0.717) is 18.0 Å². The van der Waals surface area contributed by atoms with Crippen LogP contribution in [0.5, 0.6) is 5.75 Å². The smallest absolute Gasteiger partial charge is 0.280 e. The largest absolute Gasteiger partial charge is 0.488 e. The predicted octanol–water partition coefficient (Wildman–Crippen LogP) is 5.25. The standard InChI is InChI=1S/C20H23FN2O2S/c1-23(13-14-6-8-15(21)9-7-14)16-10-11-18(22-20(24)26)19(12-16)25-17-4-2-3-5-17/h6-12,17H,2-5,13H2,1H3,(H2,22,24,26). The Morgan fingerprint density at radius 2 is 1.92 bits per heavy atom. The maximum Gasteiger partial charge on any atom is 0.280 e. The van der Waals surface area contributed by atoms with Gasteiger partial charge in [-0.2, -0.15) is 0 Å². The Kier molecular flexibility index (Phi) is 6.04. The molecule has 0 unspecified atom stereocenters. The highest BCUT2D eigenvalue weighted by atomic mass is 32.1. The van der Waals surface area contributed by atoms with Crippen LogP contribution < -0.4 is 15.0 Å². The van der Waals surface area contributed by atoms with Gasteiger partial charge in [-0.1, -0.05) is 24.8 Å². The Hall–Kier alpha value is -2.21. The first-order valence-electron chi connectivity index (χ1n) is 8.77. The lowest BCUT2D eigenvalue weighted by molar-refractivity contribution is 0.211. The summed E-state index contributed by atoms with van der Waals surface area (Å²) < 4.78 is 19.2. The fourth-order valence-corrected chi connectivity index (χ4v) is 3.33. The molecule has 2 aromatic carbocycles. The van der Waals surface area contributed by atoms with Gasteiger partial charge in [0, 0.05) is 25.3 Å². The normalized spacial score (nSPS) is 14.3. The van der Waals surface area contributed by atoms with E-state index in [4.69, 9.17) is 4.74 Å². The first-order valence-corrected chi connectivity index (χ1v) is 9.22. The van der Waals surface area contributed by atoms with E-state index in [1.807, 2.05) is 25.2 Å². The lowest BCUT2D eigenvalue weighted by Crippen LogP contribution is -2.18. The van der Waals surface area contributed by atoms with E-state index in [1.54, 1.807) is 12.1 Å². The number of anilines is 2. The van der Waals surface area contributed by atoms with Crippen molar-refractivity contribution in [2.24, 2.45) is 0 Å². The van der Waals surface area contributed by atoms with Crippen LogP contribution in [0.25, 0.3) is 0 Å². The van der Waals surface area contributed by atoms with Gasteiger partial charge in [0.25, 0.3) is 5.24 Å². The molecule has 4 nitrogen and oxygen atoms in total. The minimum Gasteiger partial charge on any atom is -0.488 e. The van der Waals surface area contributed by atoms with Gasteiger partial charge in [-0.05, 0) is 55.5 Å². The number of ether oxygens (including phenoxy) is 1. The van der Waals surface area contributed by atoms with Gasteiger partial charge in [-0.25, -0.2) is 4.39 Å². The molecule has 2 aromatic rings. The molecule has 0 saturated heterocycles. The summed E-state index contributed by atoms with van der Waals surface area (Å²) in [6, 6.07) is 12.2. The van der Waals surface area contributed by atoms with Crippen molar-refractivity contribution in [3.05, 3.63) is 53.8 Å². The Balaban J connectivity index is 1.79. The second kappa shape index (κ2) is 8.45. The van der Waals surface area contributed by atoms with Gasteiger partial charge in [0.1, 0.15) is 11.6 Å². The summed E-state index contributed by atoms with van der Waals surface area (Å²) in [7, 11) is 1.97. The molecule has 6 heteroatoms. The molecule has 1 aliphatic carbocycles. The summed E-state index contributed by atoms with van der Waals surface area (Å²) in [5, 5.41) is 2.29. The summed E-state index contributed by atoms with van der Waals surface area (Å²) >= 11 is 3.80. The van der Waals surface area contributed by atoms with Crippen molar-refractivity contribution in [2.45, 2.75) is 38.3 Å². The predicted molar refractivity (Wildman–Crippen MR) is 106 cm³/mol. The molecule has 0 aromatic heterocycles. The van der Waals surface area contributed by atoms with Crippen molar-refractivity contribution >= 4 is 29.2 Å². The van der Waals surface area contributed by atoms with Crippen LogP contribution >= 0.6 is 12.6 Å². The Morgan fingerprint density at radius 3 is 2.58 bits per heavy atom. The highest BCUT2D eigenvalue weighted by molar-refractivity contribution is 7.96. The minimum atomic E-state index is -0.423. The van der Waals surface area contributed by atoms with Crippen molar-refractivity contribution in [3.8, 4) is 5.75 Å². The second-order valence-electron chi connectivity index (χ2n) is 6.62. The molecular formula is C20H23FN2O2S. The van der Waals surface area contributed by atoms with E-state index >= 15 is 0 Å². The molecular weight excluding hydrogens is 351 g/mol. The van der Waals surface area contributed by atoms with E-state index in [2.05, 4.69) is 22.8 Å². The number of amides is 1. The van der Waals surface area contributed by atoms with Crippen LogP contribution in [0.1, 0.15) is 31.2 Å². The minimum absolute atomic E-state index is 0.184. The van der Waals surface area contributed by atoms with Crippen LogP contribution in [0.15, 0.2) is 42.5 Å². The van der Waals surface area contributed by atoms with Crippen LogP contribution in [-0.4, -0.2) is 18.4 Å². The summed E-state index contributed by atoms with van der Waals surface area (Å²) in [5.41, 5.74) is 2.59. The molecule has 1 N–H and O–H groups in total. The Morgan fingerprint density at radius 1 is 1.23 bits per heavy atom. The quantitative estimate of drug-likeness (QED) is 0.679. The fourth-order valence-electron chi connectivity index (χ4n) is 3.21. The van der Waals surface area contributed by atoms with Gasteiger partial charge in [-0.15, -0.1) is 0 Å². The molecule has 1 saturated carbocycles. The summed E-state index contributed by atoms with van der Waals surface area (Å²) in [6.07, 6.45) is 4.59. The fraction of sp³-hybridized carbons (Fsp3) is 0.350. The van der Waals surface area contributed by atoms with Crippen LogP contribution in [0.2, 0.25) is 0 Å². The van der Waals surface area contributed by atoms with Crippen LogP contribution in [0, 0.1) is 5.82 Å². The lowest BCUT2D eigenvalue weighted by atomic mass is 10.2. The number of carbonyl (C=O) groups is 1. The molecule has 0 bridgehead atoms. The van der Waals surface area contributed by atoms with Gasteiger partial charge < -0.3 is 15.0 Å². The third-order valence-corrected chi connectivity index (χ3v) is 4.69. The monoisotopic (exact) mass is 374 g/mol. The molecule has 0 heterocycles. The number of rotatable bonds is 6. The summed E-state index contributed by atoms with van der Waals surface area (Å²) in [6.45, 7) is 0.640. The van der Waals surface area contributed by atoms with Gasteiger partial charge in [0.05, 0.1) is 11.8 Å². The maximum atomic E-state index is 13.1. The van der Waals surface area contributed by atoms with Crippen molar-refractivity contribution in [1.29, 1.82) is 0 Å². The van der Waals surface area contributed by atoms with Crippen LogP contribution in [0.4, 0.5) is 20.6 Å². The molecule has 1 aliphatic rings. The van der Waals surface area contributed by atoms with Crippen molar-refractivity contribution < 1.29 is 13.9 Å². The molecule has 0 spiro atoms. The Bertz CT molecular complexity index is 761. The first kappa shape index (κ1) is 18.6. The highest BCUT2D eigenvalue weighted by Gasteiger charge is 2.19. The molecule has 1 fully saturated rings. The molecule has 0 atom stereocenters. The number of nitrogens with zero attached hydrogens (tertiary/aromatic N) is 1. The number of benzene rings is 2. The number of halogens is 1. The number of carbonyl (C=O) groups excluding carboxylic acids is 1. The van der Waals surface area contributed by atoms with Gasteiger partial charge in [-0.3, -0.25) is 4.79 Å². The van der Waals surface area contributed by atoms with Crippen molar-refractivity contribution in [1.82, 2.24) is 0 Å². The zero-order chi connectivity index (χ0) is 18.5. The van der Waals surface area contributed by atoms with Crippen LogP contribution in [-0.2, 0) is 6.54 Å². The zero-order valence-corrected chi connectivity index (χ0v) is 15.6. The zero-order valence-electron chi connectivity index (χ0n) is 14.7. The molecule has 1 amide bonds. The van der Waals surface area contributed by atoms with E-state index in [0.717, 1.165) is 24.1 Å². The third kappa shape index (κ3) is 4.91. The molecule has 138 valence electrons. The molecule has 0 aliphatic heterocycles. The summed E-state index contributed by atoms with van der Waals surface area (Å²) in [4.78, 5) is 13.4. The first-order chi connectivity index (χ1) is 12.5. The van der Waals surface area contributed by atoms with Gasteiger partial charge >= 0.3 is 0 Å². The average Bonchev–Trinajstić information content (AvgIpc) is 3.11. The van der Waals surface area contributed by atoms with E-state index < -0.39 is 5.24 Å². The number of nitrogens with one attached hydrogen (secondary N) is 1. The van der Waals surface area contributed by atoms with E-state index in [1.165, 1.54) is 25.0 Å². The van der Waals surface area contributed by atoms with Crippen LogP contribution in [0.3, 0.4) is 0 Å². The summed E-state index contributed by atoms with van der Waals surface area (Å²) in [5.74, 6) is 0.415. The number of hydrogen-bond acceptors (Lipinski definition) is 3. The average molecular weight is 374 g/mol. The van der Waals surface area contributed by atoms with E-state index in [9.17, 15) is 9.18 Å². The molecule has 26 heavy (non-hydrogen) atoms. The third-order valence-electron chi connectivity index (χ3n) is 4.58. The topological polar surface area (TPSA) is 41.6 Å². The van der Waals surface area contributed by atoms with Crippen molar-refractivity contribution in [3.63, 3.8) is 0 Å². The maximum absolute atomic E-state index is 13.1. The van der Waals surface area contributed by atoms with Gasteiger partial charge in [0.15, 0.2) is 0 Å². The molecule has 3 rings (SSSR count).